The molecule has 0 saturated carbocycles. The highest BCUT2D eigenvalue weighted by Crippen LogP contribution is 2.55. The molecule has 7 heteroatoms. The first-order chi connectivity index (χ1) is 14.1. The Balaban J connectivity index is 1.33. The number of ether oxygens (including phenoxy) is 1. The zero-order chi connectivity index (χ0) is 20.0. The maximum Gasteiger partial charge on any atom is 0.254 e. The summed E-state index contributed by atoms with van der Waals surface area (Å²) in [6.45, 7) is 1.89. The van der Waals surface area contributed by atoms with Crippen molar-refractivity contribution in [3.05, 3.63) is 59.5 Å². The molecule has 3 fully saturated rings. The van der Waals surface area contributed by atoms with Crippen LogP contribution in [0.5, 0.6) is 0 Å². The van der Waals surface area contributed by atoms with Gasteiger partial charge in [-0.15, -0.1) is 0 Å². The number of nitriles is 1. The number of hydrogen-bond donors (Lipinski definition) is 1. The van der Waals surface area contributed by atoms with Crippen LogP contribution in [-0.4, -0.2) is 42.2 Å². The van der Waals surface area contributed by atoms with Gasteiger partial charge in [0.25, 0.3) is 5.91 Å². The van der Waals surface area contributed by atoms with E-state index in [1.165, 1.54) is 12.1 Å². The van der Waals surface area contributed by atoms with Gasteiger partial charge in [-0.25, -0.2) is 9.37 Å². The Kier molecular flexibility index (Phi) is 4.25. The van der Waals surface area contributed by atoms with Crippen LogP contribution in [0.1, 0.15) is 28.8 Å². The van der Waals surface area contributed by atoms with Crippen LogP contribution in [0.15, 0.2) is 42.6 Å². The fourth-order valence-electron chi connectivity index (χ4n) is 5.31. The van der Waals surface area contributed by atoms with Gasteiger partial charge in [0.15, 0.2) is 0 Å². The highest BCUT2D eigenvalue weighted by molar-refractivity contribution is 5.94. The third kappa shape index (κ3) is 2.87. The topological polar surface area (TPSA) is 78.3 Å². The largest absolute Gasteiger partial charge is 0.369 e. The maximum atomic E-state index is 13.9. The minimum Gasteiger partial charge on any atom is -0.369 e. The molecule has 2 aromatic rings. The summed E-state index contributed by atoms with van der Waals surface area (Å²) in [5, 5.41) is 12.3. The molecular weight excluding hydrogens is 371 g/mol. The van der Waals surface area contributed by atoms with Crippen molar-refractivity contribution in [3.63, 3.8) is 0 Å². The Hall–Kier alpha value is -2.98. The molecule has 3 aliphatic heterocycles. The van der Waals surface area contributed by atoms with Crippen molar-refractivity contribution in [1.82, 2.24) is 10.3 Å². The molecule has 1 aromatic heterocycles. The minimum atomic E-state index is -0.517. The lowest BCUT2D eigenvalue weighted by atomic mass is 9.73. The fraction of sp³-hybridized carbons (Fsp3) is 0.409. The second-order valence-corrected chi connectivity index (χ2v) is 8.09. The van der Waals surface area contributed by atoms with Gasteiger partial charge in [0.05, 0.1) is 22.8 Å². The van der Waals surface area contributed by atoms with Crippen molar-refractivity contribution in [2.45, 2.75) is 24.5 Å². The lowest BCUT2D eigenvalue weighted by molar-refractivity contribution is 0.0141. The van der Waals surface area contributed by atoms with E-state index in [0.717, 1.165) is 19.4 Å². The fourth-order valence-corrected chi connectivity index (χ4v) is 5.31. The van der Waals surface area contributed by atoms with Gasteiger partial charge in [0.2, 0.25) is 0 Å². The van der Waals surface area contributed by atoms with Crippen LogP contribution in [0.4, 0.5) is 10.2 Å². The summed E-state index contributed by atoms with van der Waals surface area (Å²) in [4.78, 5) is 19.0. The summed E-state index contributed by atoms with van der Waals surface area (Å²) in [5.74, 6) is 0.192. The molecule has 0 radical (unpaired) electrons. The Morgan fingerprint density at radius 1 is 1.38 bits per heavy atom. The van der Waals surface area contributed by atoms with E-state index >= 15 is 0 Å². The van der Waals surface area contributed by atoms with Gasteiger partial charge < -0.3 is 15.0 Å². The molecule has 1 amide bonds. The number of pyridine rings is 1. The van der Waals surface area contributed by atoms with E-state index in [1.807, 2.05) is 0 Å². The summed E-state index contributed by atoms with van der Waals surface area (Å²) < 4.78 is 20.3. The predicted molar refractivity (Wildman–Crippen MR) is 104 cm³/mol. The molecule has 0 aliphatic carbocycles. The van der Waals surface area contributed by atoms with Gasteiger partial charge in [-0.1, -0.05) is 12.1 Å². The molecule has 4 heterocycles. The number of nitrogens with one attached hydrogen (secondary N) is 1. The molecule has 6 nitrogen and oxygen atoms in total. The van der Waals surface area contributed by atoms with E-state index in [-0.39, 0.29) is 29.1 Å². The summed E-state index contributed by atoms with van der Waals surface area (Å²) in [5.41, 5.74) is 0.372. The third-order valence-corrected chi connectivity index (χ3v) is 6.61. The standard InChI is InChI=1S/C22H21FN4O2/c23-18-6-2-1-5-15(18)21(28)26-11-16-17-12-27(13-22(17)8-7-19(16)29-22)20-14(10-24)4-3-9-25-20/h1-6,9,16-17,19H,7-8,11-13H2,(H,26,28)/t16-,17+,19+,22+/m0/s1. The van der Waals surface area contributed by atoms with E-state index in [0.29, 0.717) is 24.5 Å². The van der Waals surface area contributed by atoms with Crippen molar-refractivity contribution in [3.8, 4) is 6.07 Å². The van der Waals surface area contributed by atoms with Crippen molar-refractivity contribution in [2.75, 3.05) is 24.5 Å². The molecule has 1 N–H and O–H groups in total. The molecule has 3 aliphatic rings. The van der Waals surface area contributed by atoms with Crippen molar-refractivity contribution >= 4 is 11.7 Å². The van der Waals surface area contributed by atoms with Gasteiger partial charge in [-0.3, -0.25) is 4.79 Å². The number of carbonyl (C=O) groups is 1. The van der Waals surface area contributed by atoms with Crippen molar-refractivity contribution in [1.29, 1.82) is 5.26 Å². The van der Waals surface area contributed by atoms with Crippen molar-refractivity contribution in [2.24, 2.45) is 11.8 Å². The SMILES string of the molecule is N#Cc1cccnc1N1C[C@@H]2[C@H](CNC(=O)c3ccccc3F)[C@H]3CC[C@]2(C1)O3. The number of nitrogens with zero attached hydrogens (tertiary/aromatic N) is 3. The van der Waals surface area contributed by atoms with Gasteiger partial charge in [0, 0.05) is 37.7 Å². The summed E-state index contributed by atoms with van der Waals surface area (Å²) >= 11 is 0. The van der Waals surface area contributed by atoms with E-state index in [1.54, 1.807) is 30.5 Å². The molecular formula is C22H21FN4O2. The first-order valence-electron chi connectivity index (χ1n) is 9.92. The molecule has 29 heavy (non-hydrogen) atoms. The zero-order valence-corrected chi connectivity index (χ0v) is 15.8. The summed E-state index contributed by atoms with van der Waals surface area (Å²) in [6.07, 6.45) is 3.75. The number of anilines is 1. The first-order valence-corrected chi connectivity index (χ1v) is 9.92. The van der Waals surface area contributed by atoms with Gasteiger partial charge in [-0.05, 0) is 37.1 Å². The Labute approximate surface area is 168 Å². The van der Waals surface area contributed by atoms with E-state index in [9.17, 15) is 14.4 Å². The zero-order valence-electron chi connectivity index (χ0n) is 15.8. The Morgan fingerprint density at radius 2 is 2.24 bits per heavy atom. The molecule has 0 unspecified atom stereocenters. The highest BCUT2D eigenvalue weighted by atomic mass is 19.1. The molecule has 4 atom stereocenters. The number of rotatable bonds is 4. The number of amides is 1. The Bertz CT molecular complexity index is 1010. The number of fused-ring (bicyclic) bond motifs is 1. The van der Waals surface area contributed by atoms with Crippen LogP contribution in [-0.2, 0) is 4.74 Å². The van der Waals surface area contributed by atoms with Crippen molar-refractivity contribution < 1.29 is 13.9 Å². The normalized spacial score (nSPS) is 29.5. The van der Waals surface area contributed by atoms with Crippen LogP contribution < -0.4 is 10.2 Å². The van der Waals surface area contributed by atoms with E-state index in [4.69, 9.17) is 4.74 Å². The molecule has 2 bridgehead atoms. The van der Waals surface area contributed by atoms with Crippen LogP contribution in [0.25, 0.3) is 0 Å². The second-order valence-electron chi connectivity index (χ2n) is 8.09. The van der Waals surface area contributed by atoms with Crippen LogP contribution >= 0.6 is 0 Å². The quantitative estimate of drug-likeness (QED) is 0.865. The number of benzene rings is 1. The van der Waals surface area contributed by atoms with Gasteiger partial charge in [-0.2, -0.15) is 5.26 Å². The van der Waals surface area contributed by atoms with E-state index < -0.39 is 11.7 Å². The molecule has 5 rings (SSSR count). The average Bonchev–Trinajstić information content (AvgIpc) is 3.41. The van der Waals surface area contributed by atoms with Gasteiger partial charge in [0.1, 0.15) is 17.7 Å². The molecule has 148 valence electrons. The monoisotopic (exact) mass is 392 g/mol. The lowest BCUT2D eigenvalue weighted by Crippen LogP contribution is -2.42. The Morgan fingerprint density at radius 3 is 3.07 bits per heavy atom. The van der Waals surface area contributed by atoms with Crippen LogP contribution in [0.3, 0.4) is 0 Å². The van der Waals surface area contributed by atoms with E-state index in [2.05, 4.69) is 21.3 Å². The lowest BCUT2D eigenvalue weighted by Gasteiger charge is -2.29. The molecule has 1 spiro atoms. The third-order valence-electron chi connectivity index (χ3n) is 6.61. The summed E-state index contributed by atoms with van der Waals surface area (Å²) in [7, 11) is 0. The minimum absolute atomic E-state index is 0.0616. The predicted octanol–water partition coefficient (Wildman–Crippen LogP) is 2.51. The van der Waals surface area contributed by atoms with Gasteiger partial charge >= 0.3 is 0 Å². The maximum absolute atomic E-state index is 13.9. The van der Waals surface area contributed by atoms with Crippen LogP contribution in [0, 0.1) is 29.0 Å². The second kappa shape index (κ2) is 6.82. The van der Waals surface area contributed by atoms with Crippen LogP contribution in [0.2, 0.25) is 0 Å². The molecule has 3 saturated heterocycles. The number of hydrogen-bond acceptors (Lipinski definition) is 5. The average molecular weight is 392 g/mol. The smallest absolute Gasteiger partial charge is 0.254 e. The molecule has 1 aromatic carbocycles. The first kappa shape index (κ1) is 18.1. The number of aromatic nitrogens is 1. The number of halogens is 1. The number of carbonyl (C=O) groups excluding carboxylic acids is 1. The highest BCUT2D eigenvalue weighted by Gasteiger charge is 2.63. The summed E-state index contributed by atoms with van der Waals surface area (Å²) in [6, 6.07) is 11.8.